The molecule has 0 bridgehead atoms. The molecular weight excluding hydrogens is 296 g/mol. The highest BCUT2D eigenvalue weighted by Crippen LogP contribution is 2.31. The lowest BCUT2D eigenvalue weighted by Crippen LogP contribution is -2.25. The molecule has 4 nitrogen and oxygen atoms in total. The van der Waals surface area contributed by atoms with Crippen molar-refractivity contribution in [2.24, 2.45) is 5.92 Å². The van der Waals surface area contributed by atoms with Gasteiger partial charge in [-0.1, -0.05) is 15.9 Å². The Hall–Kier alpha value is -1.54. The zero-order valence-corrected chi connectivity index (χ0v) is 11.6. The Balaban J connectivity index is 2.38. The van der Waals surface area contributed by atoms with Crippen molar-refractivity contribution in [2.45, 2.75) is 6.42 Å². The van der Waals surface area contributed by atoms with Crippen LogP contribution in [0.25, 0.3) is 0 Å². The van der Waals surface area contributed by atoms with Crippen LogP contribution in [0.1, 0.15) is 12.0 Å². The number of methoxy groups -OCH3 is 1. The number of ether oxygens (including phenoxy) is 1. The van der Waals surface area contributed by atoms with Crippen LogP contribution < -0.4 is 9.64 Å². The van der Waals surface area contributed by atoms with Crippen molar-refractivity contribution < 1.29 is 9.53 Å². The number of carbonyl (C=O) groups excluding carboxylic acids is 1. The van der Waals surface area contributed by atoms with E-state index >= 15 is 0 Å². The summed E-state index contributed by atoms with van der Waals surface area (Å²) in [5, 5.41) is 9.91. The molecule has 1 saturated heterocycles. The molecule has 5 heteroatoms. The van der Waals surface area contributed by atoms with Crippen LogP contribution in [0, 0.1) is 17.2 Å². The number of anilines is 1. The van der Waals surface area contributed by atoms with Crippen molar-refractivity contribution >= 4 is 27.5 Å². The highest BCUT2D eigenvalue weighted by Gasteiger charge is 2.31. The quantitative estimate of drug-likeness (QED) is 0.805. The number of carbonyl (C=O) groups is 1. The summed E-state index contributed by atoms with van der Waals surface area (Å²) < 4.78 is 5.15. The topological polar surface area (TPSA) is 53.3 Å². The number of rotatable bonds is 3. The Labute approximate surface area is 114 Å². The van der Waals surface area contributed by atoms with Gasteiger partial charge in [0.15, 0.2) is 0 Å². The molecule has 0 aliphatic carbocycles. The lowest BCUT2D eigenvalue weighted by Gasteiger charge is -2.18. The average molecular weight is 309 g/mol. The molecule has 18 heavy (non-hydrogen) atoms. The van der Waals surface area contributed by atoms with Gasteiger partial charge < -0.3 is 9.64 Å². The predicted molar refractivity (Wildman–Crippen MR) is 72.0 cm³/mol. The number of nitriles is 1. The molecule has 94 valence electrons. The van der Waals surface area contributed by atoms with E-state index in [-0.39, 0.29) is 5.91 Å². The lowest BCUT2D eigenvalue weighted by atomic mass is 10.1. The first-order chi connectivity index (χ1) is 8.69. The van der Waals surface area contributed by atoms with Gasteiger partial charge in [-0.3, -0.25) is 4.79 Å². The minimum atomic E-state index is 0.0594. The fraction of sp³-hybridized carbons (Fsp3) is 0.385. The number of amides is 1. The van der Waals surface area contributed by atoms with Gasteiger partial charge in [-0.05, 0) is 18.1 Å². The summed E-state index contributed by atoms with van der Waals surface area (Å²) in [5.41, 5.74) is 1.14. The van der Waals surface area contributed by atoms with Crippen LogP contribution in [-0.4, -0.2) is 24.9 Å². The Morgan fingerprint density at radius 1 is 1.61 bits per heavy atom. The molecule has 0 N–H and O–H groups in total. The fourth-order valence-corrected chi connectivity index (χ4v) is 2.51. The highest BCUT2D eigenvalue weighted by atomic mass is 79.9. The van der Waals surface area contributed by atoms with Crippen molar-refractivity contribution in [3.8, 4) is 11.8 Å². The number of hydrogen-bond donors (Lipinski definition) is 0. The van der Waals surface area contributed by atoms with E-state index in [9.17, 15) is 4.79 Å². The first-order valence-corrected chi connectivity index (χ1v) is 6.76. The van der Waals surface area contributed by atoms with Gasteiger partial charge in [-0.15, -0.1) is 0 Å². The average Bonchev–Trinajstić information content (AvgIpc) is 2.79. The largest absolute Gasteiger partial charge is 0.497 e. The lowest BCUT2D eigenvalue weighted by molar-refractivity contribution is -0.117. The van der Waals surface area contributed by atoms with Gasteiger partial charge in [0.2, 0.25) is 5.91 Å². The smallest absolute Gasteiger partial charge is 0.227 e. The Kier molecular flexibility index (Phi) is 3.87. The van der Waals surface area contributed by atoms with Gasteiger partial charge in [0.05, 0.1) is 18.4 Å². The van der Waals surface area contributed by atoms with Gasteiger partial charge in [-0.2, -0.15) is 5.26 Å². The number of halogens is 1. The van der Waals surface area contributed by atoms with Gasteiger partial charge in [0.25, 0.3) is 0 Å². The van der Waals surface area contributed by atoms with Crippen molar-refractivity contribution in [1.29, 1.82) is 5.26 Å². The third kappa shape index (κ3) is 2.34. The van der Waals surface area contributed by atoms with Crippen LogP contribution in [0.5, 0.6) is 5.75 Å². The van der Waals surface area contributed by atoms with Gasteiger partial charge in [-0.25, -0.2) is 0 Å². The summed E-state index contributed by atoms with van der Waals surface area (Å²) in [4.78, 5) is 13.6. The van der Waals surface area contributed by atoms with Crippen LogP contribution in [0.2, 0.25) is 0 Å². The molecule has 0 aromatic heterocycles. The maximum absolute atomic E-state index is 12.0. The van der Waals surface area contributed by atoms with Crippen LogP contribution in [0.4, 0.5) is 5.69 Å². The second kappa shape index (κ2) is 5.40. The molecule has 0 radical (unpaired) electrons. The van der Waals surface area contributed by atoms with E-state index in [1.165, 1.54) is 0 Å². The van der Waals surface area contributed by atoms with E-state index in [1.807, 2.05) is 0 Å². The first-order valence-electron chi connectivity index (χ1n) is 5.64. The molecule has 0 spiro atoms. The summed E-state index contributed by atoms with van der Waals surface area (Å²) in [6, 6.07) is 7.27. The maximum atomic E-state index is 12.0. The van der Waals surface area contributed by atoms with Gasteiger partial charge in [0, 0.05) is 24.4 Å². The van der Waals surface area contributed by atoms with E-state index in [1.54, 1.807) is 30.2 Å². The molecular formula is C13H13BrN2O2. The minimum absolute atomic E-state index is 0.0594. The molecule has 2 rings (SSSR count). The molecule has 0 saturated carbocycles. The summed E-state index contributed by atoms with van der Waals surface area (Å²) in [7, 11) is 1.57. The summed E-state index contributed by atoms with van der Waals surface area (Å²) in [6.45, 7) is 0.645. The van der Waals surface area contributed by atoms with E-state index in [0.29, 0.717) is 35.9 Å². The van der Waals surface area contributed by atoms with E-state index in [4.69, 9.17) is 10.00 Å². The van der Waals surface area contributed by atoms with Crippen LogP contribution in [-0.2, 0) is 4.79 Å². The molecule has 1 fully saturated rings. The van der Waals surface area contributed by atoms with Crippen molar-refractivity contribution in [3.05, 3.63) is 23.8 Å². The number of nitrogens with zero attached hydrogens (tertiary/aromatic N) is 2. The predicted octanol–water partition coefficient (Wildman–Crippen LogP) is 2.31. The summed E-state index contributed by atoms with van der Waals surface area (Å²) in [5.74, 6) is 1.01. The number of hydrogen-bond acceptors (Lipinski definition) is 3. The van der Waals surface area contributed by atoms with E-state index < -0.39 is 0 Å². The third-order valence-corrected chi connectivity index (χ3v) is 3.96. The Bertz CT molecular complexity index is 510. The third-order valence-electron chi connectivity index (χ3n) is 3.04. The maximum Gasteiger partial charge on any atom is 0.227 e. The second-order valence-corrected chi connectivity index (χ2v) is 4.87. The molecule has 1 atom stereocenters. The highest BCUT2D eigenvalue weighted by molar-refractivity contribution is 9.09. The SMILES string of the molecule is COc1ccc(C#N)c(N2CC(CBr)CC2=O)c1. The Morgan fingerprint density at radius 3 is 2.94 bits per heavy atom. The standard InChI is InChI=1S/C13H13BrN2O2/c1-18-11-3-2-10(7-15)12(5-11)16-8-9(6-14)4-13(16)17/h2-3,5,9H,4,6,8H2,1H3. The summed E-state index contributed by atoms with van der Waals surface area (Å²) in [6.07, 6.45) is 0.521. The van der Waals surface area contributed by atoms with Crippen LogP contribution >= 0.6 is 15.9 Å². The van der Waals surface area contributed by atoms with E-state index in [2.05, 4.69) is 22.0 Å². The molecule has 1 aromatic carbocycles. The molecule has 1 unspecified atom stereocenters. The molecule has 1 heterocycles. The molecule has 1 aromatic rings. The monoisotopic (exact) mass is 308 g/mol. The van der Waals surface area contributed by atoms with Crippen LogP contribution in [0.15, 0.2) is 18.2 Å². The first kappa shape index (κ1) is 12.9. The fourth-order valence-electron chi connectivity index (χ4n) is 2.07. The van der Waals surface area contributed by atoms with E-state index in [0.717, 1.165) is 5.33 Å². The van der Waals surface area contributed by atoms with Crippen molar-refractivity contribution in [2.75, 3.05) is 23.9 Å². The van der Waals surface area contributed by atoms with Crippen molar-refractivity contribution in [1.82, 2.24) is 0 Å². The zero-order chi connectivity index (χ0) is 13.1. The normalized spacial score (nSPS) is 18.8. The zero-order valence-electron chi connectivity index (χ0n) is 10.0. The van der Waals surface area contributed by atoms with Gasteiger partial charge in [0.1, 0.15) is 11.8 Å². The molecule has 1 aliphatic heterocycles. The minimum Gasteiger partial charge on any atom is -0.497 e. The molecule has 1 amide bonds. The summed E-state index contributed by atoms with van der Waals surface area (Å²) >= 11 is 3.40. The Morgan fingerprint density at radius 2 is 2.39 bits per heavy atom. The second-order valence-electron chi connectivity index (χ2n) is 4.22. The van der Waals surface area contributed by atoms with Gasteiger partial charge >= 0.3 is 0 Å². The molecule has 1 aliphatic rings. The van der Waals surface area contributed by atoms with Crippen molar-refractivity contribution in [3.63, 3.8) is 0 Å². The number of alkyl halides is 1. The van der Waals surface area contributed by atoms with Crippen LogP contribution in [0.3, 0.4) is 0 Å². The number of benzene rings is 1.